The molecule has 1 aromatic heterocycles. The van der Waals surface area contributed by atoms with Crippen molar-refractivity contribution >= 4 is 17.5 Å². The fourth-order valence-electron chi connectivity index (χ4n) is 2.43. The van der Waals surface area contributed by atoms with Crippen LogP contribution in [0.3, 0.4) is 0 Å². The molecule has 0 aliphatic carbocycles. The van der Waals surface area contributed by atoms with Gasteiger partial charge < -0.3 is 20.1 Å². The van der Waals surface area contributed by atoms with Gasteiger partial charge in [-0.1, -0.05) is 18.2 Å². The Morgan fingerprint density at radius 2 is 1.73 bits per heavy atom. The lowest BCUT2D eigenvalue weighted by Gasteiger charge is -2.09. The fourth-order valence-corrected chi connectivity index (χ4v) is 2.43. The van der Waals surface area contributed by atoms with Crippen molar-refractivity contribution in [1.29, 1.82) is 0 Å². The van der Waals surface area contributed by atoms with Crippen molar-refractivity contribution < 1.29 is 9.47 Å². The Balaban J connectivity index is 1.58. The number of methoxy groups -OCH3 is 2. The highest BCUT2D eigenvalue weighted by Crippen LogP contribution is 2.20. The molecule has 7 heteroatoms. The largest absolute Gasteiger partial charge is 0.497 e. The number of hydrogen-bond donors (Lipinski definition) is 2. The van der Waals surface area contributed by atoms with Crippen molar-refractivity contribution in [3.05, 3.63) is 60.3 Å². The minimum absolute atomic E-state index is 0.473. The van der Waals surface area contributed by atoms with Gasteiger partial charge in [-0.25, -0.2) is 0 Å². The van der Waals surface area contributed by atoms with Crippen molar-refractivity contribution in [3.8, 4) is 11.5 Å². The molecule has 3 aromatic rings. The third-order valence-corrected chi connectivity index (χ3v) is 3.73. The van der Waals surface area contributed by atoms with Crippen LogP contribution in [0.25, 0.3) is 0 Å². The van der Waals surface area contributed by atoms with Crippen LogP contribution >= 0.6 is 0 Å². The summed E-state index contributed by atoms with van der Waals surface area (Å²) >= 11 is 0. The van der Waals surface area contributed by atoms with Crippen LogP contribution in [0.15, 0.2) is 54.7 Å². The Labute approximate surface area is 152 Å². The Hall–Kier alpha value is -3.35. The van der Waals surface area contributed by atoms with Gasteiger partial charge in [0, 0.05) is 18.3 Å². The first kappa shape index (κ1) is 17.5. The predicted octanol–water partition coefficient (Wildman–Crippen LogP) is 3.29. The highest BCUT2D eigenvalue weighted by atomic mass is 16.5. The van der Waals surface area contributed by atoms with Crippen LogP contribution in [0.4, 0.5) is 17.5 Å². The normalized spacial score (nSPS) is 10.2. The zero-order valence-electron chi connectivity index (χ0n) is 14.8. The van der Waals surface area contributed by atoms with Gasteiger partial charge in [-0.3, -0.25) is 0 Å². The summed E-state index contributed by atoms with van der Waals surface area (Å²) in [5.41, 5.74) is 2.04. The molecule has 1 heterocycles. The van der Waals surface area contributed by atoms with Crippen molar-refractivity contribution in [2.75, 3.05) is 31.4 Å². The lowest BCUT2D eigenvalue weighted by atomic mass is 10.1. The molecule has 0 fully saturated rings. The monoisotopic (exact) mass is 351 g/mol. The average molecular weight is 351 g/mol. The molecule has 26 heavy (non-hydrogen) atoms. The van der Waals surface area contributed by atoms with E-state index < -0.39 is 0 Å². The lowest BCUT2D eigenvalue weighted by molar-refractivity contribution is 0.414. The fraction of sp³-hybridized carbons (Fsp3) is 0.211. The number of rotatable bonds is 8. The summed E-state index contributed by atoms with van der Waals surface area (Å²) in [7, 11) is 3.30. The SMILES string of the molecule is COc1cccc(CCNc2nncc(Nc3cccc(OC)c3)n2)c1. The van der Waals surface area contributed by atoms with Crippen LogP contribution in [0.5, 0.6) is 11.5 Å². The number of nitrogens with zero attached hydrogens (tertiary/aromatic N) is 3. The van der Waals surface area contributed by atoms with Crippen molar-refractivity contribution in [1.82, 2.24) is 15.2 Å². The summed E-state index contributed by atoms with van der Waals surface area (Å²) in [6.45, 7) is 0.692. The number of hydrogen-bond acceptors (Lipinski definition) is 7. The number of aromatic nitrogens is 3. The first-order chi connectivity index (χ1) is 12.8. The topological polar surface area (TPSA) is 81.2 Å². The highest BCUT2D eigenvalue weighted by molar-refractivity contribution is 5.58. The molecule has 7 nitrogen and oxygen atoms in total. The van der Waals surface area contributed by atoms with Crippen LogP contribution < -0.4 is 20.1 Å². The molecule has 0 saturated carbocycles. The molecule has 2 N–H and O–H groups in total. The summed E-state index contributed by atoms with van der Waals surface area (Å²) < 4.78 is 10.5. The quantitative estimate of drug-likeness (QED) is 0.644. The summed E-state index contributed by atoms with van der Waals surface area (Å²) in [4.78, 5) is 4.43. The Morgan fingerprint density at radius 1 is 0.962 bits per heavy atom. The van der Waals surface area contributed by atoms with E-state index in [1.807, 2.05) is 42.5 Å². The van der Waals surface area contributed by atoms with E-state index >= 15 is 0 Å². The van der Waals surface area contributed by atoms with E-state index in [9.17, 15) is 0 Å². The first-order valence-corrected chi connectivity index (χ1v) is 8.24. The van der Waals surface area contributed by atoms with E-state index in [1.165, 1.54) is 5.56 Å². The molecule has 0 aliphatic rings. The second-order valence-corrected chi connectivity index (χ2v) is 5.55. The van der Waals surface area contributed by atoms with E-state index in [0.717, 1.165) is 23.6 Å². The summed E-state index contributed by atoms with van der Waals surface area (Å²) in [5.74, 6) is 2.71. The van der Waals surface area contributed by atoms with Crippen LogP contribution in [-0.2, 0) is 6.42 Å². The van der Waals surface area contributed by atoms with Crippen molar-refractivity contribution in [2.45, 2.75) is 6.42 Å². The minimum Gasteiger partial charge on any atom is -0.497 e. The second-order valence-electron chi connectivity index (χ2n) is 5.55. The molecule has 0 radical (unpaired) electrons. The zero-order valence-corrected chi connectivity index (χ0v) is 14.8. The molecule has 134 valence electrons. The van der Waals surface area contributed by atoms with E-state index in [2.05, 4.69) is 31.9 Å². The third-order valence-electron chi connectivity index (χ3n) is 3.73. The van der Waals surface area contributed by atoms with Gasteiger partial charge >= 0.3 is 0 Å². The van der Waals surface area contributed by atoms with Gasteiger partial charge in [-0.15, -0.1) is 5.10 Å². The van der Waals surface area contributed by atoms with Gasteiger partial charge in [0.15, 0.2) is 5.82 Å². The summed E-state index contributed by atoms with van der Waals surface area (Å²) in [5, 5.41) is 14.4. The molecule has 0 unspecified atom stereocenters. The van der Waals surface area contributed by atoms with Gasteiger partial charge in [0.2, 0.25) is 5.95 Å². The Morgan fingerprint density at radius 3 is 2.54 bits per heavy atom. The number of ether oxygens (including phenoxy) is 2. The van der Waals surface area contributed by atoms with E-state index in [1.54, 1.807) is 20.4 Å². The van der Waals surface area contributed by atoms with Gasteiger partial charge in [-0.05, 0) is 36.2 Å². The molecular formula is C19H21N5O2. The second kappa shape index (κ2) is 8.66. The number of anilines is 3. The van der Waals surface area contributed by atoms with E-state index in [4.69, 9.17) is 9.47 Å². The zero-order chi connectivity index (χ0) is 18.2. The maximum atomic E-state index is 5.24. The third kappa shape index (κ3) is 4.83. The predicted molar refractivity (Wildman–Crippen MR) is 101 cm³/mol. The molecule has 0 amide bonds. The smallest absolute Gasteiger partial charge is 0.244 e. The van der Waals surface area contributed by atoms with E-state index in [-0.39, 0.29) is 0 Å². The highest BCUT2D eigenvalue weighted by Gasteiger charge is 2.03. The maximum absolute atomic E-state index is 5.24. The standard InChI is InChI=1S/C19H21N5O2/c1-25-16-7-3-5-14(11-16)9-10-20-19-23-18(13-21-24-19)22-15-6-4-8-17(12-15)26-2/h3-8,11-13H,9-10H2,1-2H3,(H2,20,22,23,24). The Kier molecular flexibility index (Phi) is 5.82. The molecule has 0 spiro atoms. The molecule has 0 aliphatic heterocycles. The molecule has 3 rings (SSSR count). The van der Waals surface area contributed by atoms with Gasteiger partial charge in [-0.2, -0.15) is 10.1 Å². The lowest BCUT2D eigenvalue weighted by Crippen LogP contribution is -2.09. The van der Waals surface area contributed by atoms with Gasteiger partial charge in [0.1, 0.15) is 11.5 Å². The van der Waals surface area contributed by atoms with Gasteiger partial charge in [0.05, 0.1) is 20.4 Å². The van der Waals surface area contributed by atoms with Crippen LogP contribution in [0.1, 0.15) is 5.56 Å². The molecular weight excluding hydrogens is 330 g/mol. The van der Waals surface area contributed by atoms with Crippen LogP contribution in [0, 0.1) is 0 Å². The van der Waals surface area contributed by atoms with Crippen LogP contribution in [-0.4, -0.2) is 35.9 Å². The minimum atomic E-state index is 0.473. The van der Waals surface area contributed by atoms with Crippen LogP contribution in [0.2, 0.25) is 0 Å². The van der Waals surface area contributed by atoms with E-state index in [0.29, 0.717) is 18.3 Å². The number of benzene rings is 2. The number of nitrogens with one attached hydrogen (secondary N) is 2. The molecule has 0 saturated heterocycles. The van der Waals surface area contributed by atoms with Crippen molar-refractivity contribution in [2.24, 2.45) is 0 Å². The average Bonchev–Trinajstić information content (AvgIpc) is 2.68. The Bertz CT molecular complexity index is 857. The summed E-state index contributed by atoms with van der Waals surface area (Å²) in [6.07, 6.45) is 2.40. The first-order valence-electron chi connectivity index (χ1n) is 8.24. The van der Waals surface area contributed by atoms with Gasteiger partial charge in [0.25, 0.3) is 0 Å². The maximum Gasteiger partial charge on any atom is 0.244 e. The molecule has 2 aromatic carbocycles. The molecule has 0 atom stereocenters. The summed E-state index contributed by atoms with van der Waals surface area (Å²) in [6, 6.07) is 15.6. The van der Waals surface area contributed by atoms with Crippen molar-refractivity contribution in [3.63, 3.8) is 0 Å². The molecule has 0 bridgehead atoms.